The quantitative estimate of drug-likeness (QED) is 0.861. The van der Waals surface area contributed by atoms with Crippen LogP contribution in [0.2, 0.25) is 0 Å². The van der Waals surface area contributed by atoms with Crippen molar-refractivity contribution >= 4 is 0 Å². The number of hydrogen-bond donors (Lipinski definition) is 2. The van der Waals surface area contributed by atoms with Crippen LogP contribution in [0, 0.1) is 0 Å². The normalized spacial score (nSPS) is 25.7. The molecular weight excluding hydrogens is 224 g/mol. The van der Waals surface area contributed by atoms with Gasteiger partial charge in [-0.15, -0.1) is 0 Å². The summed E-state index contributed by atoms with van der Waals surface area (Å²) >= 11 is 0. The van der Waals surface area contributed by atoms with Gasteiger partial charge in [0.25, 0.3) is 0 Å². The van der Waals surface area contributed by atoms with Gasteiger partial charge < -0.3 is 15.8 Å². The van der Waals surface area contributed by atoms with Crippen molar-refractivity contribution in [2.24, 2.45) is 5.73 Å². The second kappa shape index (κ2) is 6.21. The molecular formula is C15H24N2O. The molecule has 3 atom stereocenters. The molecule has 0 radical (unpaired) electrons. The van der Waals surface area contributed by atoms with Crippen LogP contribution in [0.3, 0.4) is 0 Å². The average molecular weight is 248 g/mol. The van der Waals surface area contributed by atoms with Crippen LogP contribution in [0.5, 0.6) is 5.75 Å². The molecule has 0 aliphatic heterocycles. The van der Waals surface area contributed by atoms with Crippen molar-refractivity contribution in [1.29, 1.82) is 0 Å². The van der Waals surface area contributed by atoms with Crippen LogP contribution < -0.4 is 15.8 Å². The molecule has 0 bridgehead atoms. The molecule has 2 unspecified atom stereocenters. The first-order chi connectivity index (χ1) is 8.69. The van der Waals surface area contributed by atoms with Crippen LogP contribution in [-0.4, -0.2) is 19.2 Å². The predicted octanol–water partition coefficient (Wildman–Crippen LogP) is 2.62. The summed E-state index contributed by atoms with van der Waals surface area (Å²) in [6.07, 6.45) is 4.74. The SMILES string of the molecule is COc1cccc([C@@H](C)NC2CCCC(N)C2)c1. The Morgan fingerprint density at radius 1 is 1.39 bits per heavy atom. The second-order valence-corrected chi connectivity index (χ2v) is 5.29. The van der Waals surface area contributed by atoms with E-state index >= 15 is 0 Å². The van der Waals surface area contributed by atoms with Crippen molar-refractivity contribution in [1.82, 2.24) is 5.32 Å². The largest absolute Gasteiger partial charge is 0.497 e. The van der Waals surface area contributed by atoms with Gasteiger partial charge in [-0.25, -0.2) is 0 Å². The van der Waals surface area contributed by atoms with Gasteiger partial charge in [0.05, 0.1) is 7.11 Å². The third-order valence-corrected chi connectivity index (χ3v) is 3.79. The summed E-state index contributed by atoms with van der Waals surface area (Å²) in [6.45, 7) is 2.20. The van der Waals surface area contributed by atoms with E-state index in [-0.39, 0.29) is 0 Å². The molecule has 0 spiro atoms. The van der Waals surface area contributed by atoms with Crippen LogP contribution in [0.4, 0.5) is 0 Å². The zero-order valence-corrected chi connectivity index (χ0v) is 11.4. The van der Waals surface area contributed by atoms with Gasteiger partial charge in [0, 0.05) is 18.1 Å². The summed E-state index contributed by atoms with van der Waals surface area (Å²) < 4.78 is 5.26. The standard InChI is InChI=1S/C15H24N2O/c1-11(12-5-3-8-15(9-12)18-2)17-14-7-4-6-13(16)10-14/h3,5,8-9,11,13-14,17H,4,6-7,10,16H2,1-2H3/t11-,13?,14?/m1/s1. The highest BCUT2D eigenvalue weighted by Gasteiger charge is 2.20. The first-order valence-electron chi connectivity index (χ1n) is 6.84. The number of ether oxygens (including phenoxy) is 1. The van der Waals surface area contributed by atoms with Crippen LogP contribution in [-0.2, 0) is 0 Å². The maximum absolute atomic E-state index is 6.03. The number of nitrogens with one attached hydrogen (secondary N) is 1. The molecule has 1 saturated carbocycles. The molecule has 0 aromatic heterocycles. The van der Waals surface area contributed by atoms with E-state index in [0.29, 0.717) is 18.1 Å². The summed E-state index contributed by atoms with van der Waals surface area (Å²) in [5, 5.41) is 3.68. The van der Waals surface area contributed by atoms with E-state index in [0.717, 1.165) is 12.2 Å². The summed E-state index contributed by atoms with van der Waals surface area (Å²) in [5.41, 5.74) is 7.30. The van der Waals surface area contributed by atoms with Gasteiger partial charge in [0.15, 0.2) is 0 Å². The zero-order valence-electron chi connectivity index (χ0n) is 11.4. The fourth-order valence-electron chi connectivity index (χ4n) is 2.74. The summed E-state index contributed by atoms with van der Waals surface area (Å²) in [4.78, 5) is 0. The average Bonchev–Trinajstić information content (AvgIpc) is 2.39. The van der Waals surface area contributed by atoms with Gasteiger partial charge in [-0.1, -0.05) is 18.6 Å². The minimum atomic E-state index is 0.343. The highest BCUT2D eigenvalue weighted by Crippen LogP contribution is 2.23. The molecule has 3 nitrogen and oxygen atoms in total. The lowest BCUT2D eigenvalue weighted by Gasteiger charge is -2.30. The summed E-state index contributed by atoms with van der Waals surface area (Å²) in [5.74, 6) is 0.918. The smallest absolute Gasteiger partial charge is 0.119 e. The van der Waals surface area contributed by atoms with Crippen LogP contribution in [0.15, 0.2) is 24.3 Å². The third kappa shape index (κ3) is 3.47. The molecule has 1 fully saturated rings. The lowest BCUT2D eigenvalue weighted by molar-refractivity contribution is 0.318. The van der Waals surface area contributed by atoms with Crippen LogP contribution in [0.1, 0.15) is 44.2 Å². The summed E-state index contributed by atoms with van der Waals surface area (Å²) in [6, 6.07) is 9.52. The molecule has 1 aliphatic carbocycles. The minimum absolute atomic E-state index is 0.343. The first kappa shape index (κ1) is 13.4. The van der Waals surface area contributed by atoms with Crippen molar-refractivity contribution in [3.63, 3.8) is 0 Å². The molecule has 0 heterocycles. The van der Waals surface area contributed by atoms with E-state index in [4.69, 9.17) is 10.5 Å². The molecule has 1 aromatic carbocycles. The lowest BCUT2D eigenvalue weighted by Crippen LogP contribution is -2.40. The zero-order chi connectivity index (χ0) is 13.0. The molecule has 0 saturated heterocycles. The van der Waals surface area contributed by atoms with Gasteiger partial charge in [-0.05, 0) is 43.9 Å². The summed E-state index contributed by atoms with van der Waals surface area (Å²) in [7, 11) is 1.71. The predicted molar refractivity (Wildman–Crippen MR) is 74.8 cm³/mol. The molecule has 3 heteroatoms. The van der Waals surface area contributed by atoms with E-state index < -0.39 is 0 Å². The van der Waals surface area contributed by atoms with E-state index in [1.807, 2.05) is 12.1 Å². The third-order valence-electron chi connectivity index (χ3n) is 3.79. The Bertz CT molecular complexity index is 381. The van der Waals surface area contributed by atoms with Crippen molar-refractivity contribution in [2.45, 2.75) is 50.7 Å². The van der Waals surface area contributed by atoms with E-state index in [9.17, 15) is 0 Å². The van der Waals surface area contributed by atoms with E-state index in [1.54, 1.807) is 7.11 Å². The van der Waals surface area contributed by atoms with E-state index in [2.05, 4.69) is 24.4 Å². The van der Waals surface area contributed by atoms with Crippen LogP contribution >= 0.6 is 0 Å². The van der Waals surface area contributed by atoms with Gasteiger partial charge in [0.1, 0.15) is 5.75 Å². The maximum atomic E-state index is 6.03. The van der Waals surface area contributed by atoms with Gasteiger partial charge in [0.2, 0.25) is 0 Å². The Labute approximate surface area is 110 Å². The van der Waals surface area contributed by atoms with Gasteiger partial charge in [-0.2, -0.15) is 0 Å². The Hall–Kier alpha value is -1.06. The molecule has 1 aromatic rings. The van der Waals surface area contributed by atoms with Crippen molar-refractivity contribution in [3.05, 3.63) is 29.8 Å². The highest BCUT2D eigenvalue weighted by molar-refractivity contribution is 5.30. The topological polar surface area (TPSA) is 47.3 Å². The van der Waals surface area contributed by atoms with Crippen molar-refractivity contribution in [2.75, 3.05) is 7.11 Å². The van der Waals surface area contributed by atoms with Gasteiger partial charge in [-0.3, -0.25) is 0 Å². The Kier molecular flexibility index (Phi) is 4.61. The molecule has 100 valence electrons. The molecule has 2 rings (SSSR count). The fourth-order valence-corrected chi connectivity index (χ4v) is 2.74. The maximum Gasteiger partial charge on any atom is 0.119 e. The number of nitrogens with two attached hydrogens (primary N) is 1. The lowest BCUT2D eigenvalue weighted by atomic mass is 9.91. The van der Waals surface area contributed by atoms with Crippen molar-refractivity contribution < 1.29 is 4.74 Å². The Morgan fingerprint density at radius 2 is 2.22 bits per heavy atom. The molecule has 18 heavy (non-hydrogen) atoms. The fraction of sp³-hybridized carbons (Fsp3) is 0.600. The number of hydrogen-bond acceptors (Lipinski definition) is 3. The highest BCUT2D eigenvalue weighted by atomic mass is 16.5. The molecule has 0 amide bonds. The monoisotopic (exact) mass is 248 g/mol. The van der Waals surface area contributed by atoms with Crippen molar-refractivity contribution in [3.8, 4) is 5.75 Å². The van der Waals surface area contributed by atoms with Crippen LogP contribution in [0.25, 0.3) is 0 Å². The number of benzene rings is 1. The molecule has 1 aliphatic rings. The molecule has 3 N–H and O–H groups in total. The number of methoxy groups -OCH3 is 1. The second-order valence-electron chi connectivity index (χ2n) is 5.29. The first-order valence-corrected chi connectivity index (χ1v) is 6.84. The van der Waals surface area contributed by atoms with Gasteiger partial charge >= 0.3 is 0 Å². The Morgan fingerprint density at radius 3 is 2.94 bits per heavy atom. The number of rotatable bonds is 4. The van der Waals surface area contributed by atoms with E-state index in [1.165, 1.54) is 24.8 Å². The Balaban J connectivity index is 1.95. The minimum Gasteiger partial charge on any atom is -0.497 e.